The fraction of sp³-hybridized carbons (Fsp3) is 0.538. The third-order valence-electron chi connectivity index (χ3n) is 3.40. The van der Waals surface area contributed by atoms with E-state index in [-0.39, 0.29) is 6.04 Å². The number of rotatable bonds is 2. The third kappa shape index (κ3) is 1.69. The van der Waals surface area contributed by atoms with Crippen molar-refractivity contribution < 1.29 is 9.13 Å². The Morgan fingerprint density at radius 3 is 2.44 bits per heavy atom. The van der Waals surface area contributed by atoms with Gasteiger partial charge >= 0.3 is 0 Å². The molecule has 1 saturated carbocycles. The quantitative estimate of drug-likeness (QED) is 0.836. The van der Waals surface area contributed by atoms with Crippen LogP contribution in [0.2, 0.25) is 0 Å². The number of ether oxygens (including phenoxy) is 1. The predicted octanol–water partition coefficient (Wildman–Crippen LogP) is 2.60. The molecule has 0 atom stereocenters. The van der Waals surface area contributed by atoms with Gasteiger partial charge in [-0.3, -0.25) is 0 Å². The van der Waals surface area contributed by atoms with Crippen molar-refractivity contribution in [3.63, 3.8) is 0 Å². The molecule has 1 aromatic rings. The van der Waals surface area contributed by atoms with E-state index in [1.54, 1.807) is 7.11 Å². The molecule has 0 aliphatic heterocycles. The monoisotopic (exact) mass is 223 g/mol. The lowest BCUT2D eigenvalue weighted by Gasteiger charge is -2.40. The third-order valence-corrected chi connectivity index (χ3v) is 3.40. The Morgan fingerprint density at radius 1 is 1.31 bits per heavy atom. The maximum Gasteiger partial charge on any atom is 0.139 e. The van der Waals surface area contributed by atoms with Crippen LogP contribution in [0.1, 0.15) is 29.5 Å². The molecule has 0 radical (unpaired) electrons. The van der Waals surface area contributed by atoms with E-state index in [1.165, 1.54) is 0 Å². The summed E-state index contributed by atoms with van der Waals surface area (Å²) in [6.07, 6.45) is 0.860. The summed E-state index contributed by atoms with van der Waals surface area (Å²) in [5, 5.41) is 0. The van der Waals surface area contributed by atoms with Crippen LogP contribution in [0.25, 0.3) is 0 Å². The standard InChI is InChI=1S/C13H18FNO/c1-8-5-12(16-3)9(2)4-11(8)13(14)6-10(15)7-13/h4-5,10H,6-7,15H2,1-3H3. The van der Waals surface area contributed by atoms with Crippen molar-refractivity contribution >= 4 is 0 Å². The summed E-state index contributed by atoms with van der Waals surface area (Å²) in [6, 6.07) is 3.79. The largest absolute Gasteiger partial charge is 0.496 e. The Balaban J connectivity index is 2.39. The maximum atomic E-state index is 14.4. The first-order valence-corrected chi connectivity index (χ1v) is 5.56. The van der Waals surface area contributed by atoms with Crippen molar-refractivity contribution in [2.24, 2.45) is 5.73 Å². The molecular formula is C13H18FNO. The van der Waals surface area contributed by atoms with Crippen molar-refractivity contribution in [1.29, 1.82) is 0 Å². The highest BCUT2D eigenvalue weighted by Gasteiger charge is 2.45. The molecule has 2 rings (SSSR count). The van der Waals surface area contributed by atoms with E-state index in [2.05, 4.69) is 0 Å². The normalized spacial score (nSPS) is 28.7. The van der Waals surface area contributed by atoms with Crippen LogP contribution in [-0.2, 0) is 5.67 Å². The van der Waals surface area contributed by atoms with E-state index in [0.29, 0.717) is 12.8 Å². The SMILES string of the molecule is COc1cc(C)c(C2(F)CC(N)C2)cc1C. The molecule has 0 heterocycles. The first-order chi connectivity index (χ1) is 7.46. The van der Waals surface area contributed by atoms with Crippen molar-refractivity contribution in [3.05, 3.63) is 28.8 Å². The van der Waals surface area contributed by atoms with Gasteiger partial charge in [0.05, 0.1) is 7.11 Å². The van der Waals surface area contributed by atoms with Gasteiger partial charge in [0.2, 0.25) is 0 Å². The zero-order valence-electron chi connectivity index (χ0n) is 10.0. The molecule has 88 valence electrons. The minimum atomic E-state index is -1.22. The molecule has 16 heavy (non-hydrogen) atoms. The van der Waals surface area contributed by atoms with Crippen molar-refractivity contribution in [1.82, 2.24) is 0 Å². The summed E-state index contributed by atoms with van der Waals surface area (Å²) in [4.78, 5) is 0. The lowest BCUT2D eigenvalue weighted by Crippen LogP contribution is -2.46. The Labute approximate surface area is 95.6 Å². The number of hydrogen-bond acceptors (Lipinski definition) is 2. The van der Waals surface area contributed by atoms with Crippen LogP contribution in [0.5, 0.6) is 5.75 Å². The summed E-state index contributed by atoms with van der Waals surface area (Å²) in [7, 11) is 1.63. The smallest absolute Gasteiger partial charge is 0.139 e. The van der Waals surface area contributed by atoms with Gasteiger partial charge in [-0.15, -0.1) is 0 Å². The van der Waals surface area contributed by atoms with Gasteiger partial charge in [0.1, 0.15) is 11.4 Å². The highest BCUT2D eigenvalue weighted by molar-refractivity contribution is 5.45. The summed E-state index contributed by atoms with van der Waals surface area (Å²) in [5.74, 6) is 0.813. The number of aryl methyl sites for hydroxylation is 2. The Bertz CT molecular complexity index is 411. The summed E-state index contributed by atoms with van der Waals surface area (Å²) in [6.45, 7) is 3.85. The summed E-state index contributed by atoms with van der Waals surface area (Å²) < 4.78 is 19.7. The Morgan fingerprint density at radius 2 is 1.94 bits per heavy atom. The molecule has 1 aromatic carbocycles. The van der Waals surface area contributed by atoms with E-state index < -0.39 is 5.67 Å². The molecule has 0 bridgehead atoms. The number of nitrogens with two attached hydrogens (primary N) is 1. The van der Waals surface area contributed by atoms with Crippen LogP contribution < -0.4 is 10.5 Å². The second-order valence-corrected chi connectivity index (χ2v) is 4.77. The van der Waals surface area contributed by atoms with Gasteiger partial charge in [0, 0.05) is 18.9 Å². The van der Waals surface area contributed by atoms with E-state index >= 15 is 0 Å². The molecule has 0 spiro atoms. The number of methoxy groups -OCH3 is 1. The summed E-state index contributed by atoms with van der Waals surface area (Å²) >= 11 is 0. The maximum absolute atomic E-state index is 14.4. The molecule has 1 fully saturated rings. The number of halogens is 1. The van der Waals surface area contributed by atoms with Crippen LogP contribution in [0.3, 0.4) is 0 Å². The van der Waals surface area contributed by atoms with E-state index in [0.717, 1.165) is 22.4 Å². The molecule has 2 nitrogen and oxygen atoms in total. The van der Waals surface area contributed by atoms with Gasteiger partial charge in [0.15, 0.2) is 0 Å². The number of benzene rings is 1. The summed E-state index contributed by atoms with van der Waals surface area (Å²) in [5.41, 5.74) is 7.13. The minimum absolute atomic E-state index is 0.00630. The van der Waals surface area contributed by atoms with Gasteiger partial charge < -0.3 is 10.5 Å². The highest BCUT2D eigenvalue weighted by Crippen LogP contribution is 2.46. The molecule has 0 amide bonds. The van der Waals surface area contributed by atoms with Crippen molar-refractivity contribution in [3.8, 4) is 5.75 Å². The zero-order valence-corrected chi connectivity index (χ0v) is 10.0. The zero-order chi connectivity index (χ0) is 11.9. The van der Waals surface area contributed by atoms with Crippen molar-refractivity contribution in [2.75, 3.05) is 7.11 Å². The average Bonchev–Trinajstić information content (AvgIpc) is 2.18. The van der Waals surface area contributed by atoms with Gasteiger partial charge in [-0.05, 0) is 42.7 Å². The second kappa shape index (κ2) is 3.74. The first-order valence-electron chi connectivity index (χ1n) is 5.56. The topological polar surface area (TPSA) is 35.2 Å². The van der Waals surface area contributed by atoms with Crippen LogP contribution in [-0.4, -0.2) is 13.2 Å². The fourth-order valence-electron chi connectivity index (χ4n) is 2.48. The average molecular weight is 223 g/mol. The van der Waals surface area contributed by atoms with Gasteiger partial charge in [-0.1, -0.05) is 0 Å². The lowest BCUT2D eigenvalue weighted by molar-refractivity contribution is 0.0398. The molecule has 0 unspecified atom stereocenters. The second-order valence-electron chi connectivity index (χ2n) is 4.77. The highest BCUT2D eigenvalue weighted by atomic mass is 19.1. The number of hydrogen-bond donors (Lipinski definition) is 1. The van der Waals surface area contributed by atoms with Gasteiger partial charge in [0.25, 0.3) is 0 Å². The van der Waals surface area contributed by atoms with Crippen molar-refractivity contribution in [2.45, 2.75) is 38.4 Å². The molecule has 1 aliphatic rings. The van der Waals surface area contributed by atoms with Crippen LogP contribution in [0.15, 0.2) is 12.1 Å². The van der Waals surface area contributed by atoms with Gasteiger partial charge in [-0.25, -0.2) is 4.39 Å². The predicted molar refractivity (Wildman–Crippen MR) is 62.5 cm³/mol. The molecule has 0 aromatic heterocycles. The van der Waals surface area contributed by atoms with Gasteiger partial charge in [-0.2, -0.15) is 0 Å². The van der Waals surface area contributed by atoms with E-state index in [1.807, 2.05) is 26.0 Å². The van der Waals surface area contributed by atoms with Crippen LogP contribution >= 0.6 is 0 Å². The molecule has 2 N–H and O–H groups in total. The van der Waals surface area contributed by atoms with E-state index in [9.17, 15) is 4.39 Å². The fourth-order valence-corrected chi connectivity index (χ4v) is 2.48. The number of alkyl halides is 1. The molecule has 3 heteroatoms. The Kier molecular flexibility index (Phi) is 2.66. The Hall–Kier alpha value is -1.09. The first kappa shape index (κ1) is 11.4. The van der Waals surface area contributed by atoms with E-state index in [4.69, 9.17) is 10.5 Å². The van der Waals surface area contributed by atoms with Crippen LogP contribution in [0.4, 0.5) is 4.39 Å². The molecule has 1 aliphatic carbocycles. The van der Waals surface area contributed by atoms with Crippen LogP contribution in [0, 0.1) is 13.8 Å². The molecular weight excluding hydrogens is 205 g/mol. The lowest BCUT2D eigenvalue weighted by atomic mass is 9.72. The molecule has 0 saturated heterocycles. The minimum Gasteiger partial charge on any atom is -0.496 e.